The molecule has 0 aliphatic carbocycles. The van der Waals surface area contributed by atoms with E-state index in [-0.39, 0.29) is 0 Å². The Morgan fingerprint density at radius 1 is 1.00 bits per heavy atom. The highest BCUT2D eigenvalue weighted by Crippen LogP contribution is 2.12. The summed E-state index contributed by atoms with van der Waals surface area (Å²) in [7, 11) is 0. The lowest BCUT2D eigenvalue weighted by atomic mass is 10.2. The van der Waals surface area contributed by atoms with Crippen molar-refractivity contribution in [2.75, 3.05) is 11.5 Å². The van der Waals surface area contributed by atoms with Gasteiger partial charge >= 0.3 is 0 Å². The standard InChI is InChI=1S/C7H11N3/c8-4-5-1-6(9)3-7(10)2-5/h1-3H,4,8-10H2. The number of nitrogen functional groups attached to an aromatic ring is 2. The predicted octanol–water partition coefficient (Wildman–Crippen LogP) is 0.310. The molecule has 0 aliphatic rings. The molecule has 0 saturated heterocycles. The van der Waals surface area contributed by atoms with Gasteiger partial charge in [-0.15, -0.1) is 0 Å². The van der Waals surface area contributed by atoms with Crippen molar-refractivity contribution in [1.29, 1.82) is 0 Å². The van der Waals surface area contributed by atoms with Crippen LogP contribution in [0.2, 0.25) is 0 Å². The van der Waals surface area contributed by atoms with Crippen LogP contribution in [0.15, 0.2) is 18.2 Å². The summed E-state index contributed by atoms with van der Waals surface area (Å²) < 4.78 is 0. The van der Waals surface area contributed by atoms with Gasteiger partial charge in [0, 0.05) is 17.9 Å². The minimum atomic E-state index is 0.481. The second kappa shape index (κ2) is 2.58. The van der Waals surface area contributed by atoms with Crippen LogP contribution >= 0.6 is 0 Å². The molecule has 0 unspecified atom stereocenters. The smallest absolute Gasteiger partial charge is 0.0337 e. The first kappa shape index (κ1) is 6.89. The number of hydrogen-bond acceptors (Lipinski definition) is 3. The van der Waals surface area contributed by atoms with E-state index in [1.54, 1.807) is 6.07 Å². The van der Waals surface area contributed by atoms with E-state index in [0.717, 1.165) is 5.56 Å². The first-order chi connectivity index (χ1) is 4.72. The molecule has 1 aromatic rings. The fourth-order valence-electron chi connectivity index (χ4n) is 0.863. The van der Waals surface area contributed by atoms with Crippen LogP contribution < -0.4 is 17.2 Å². The number of benzene rings is 1. The minimum absolute atomic E-state index is 0.481. The lowest BCUT2D eigenvalue weighted by molar-refractivity contribution is 1.07. The number of nitrogens with two attached hydrogens (primary N) is 3. The molecule has 0 saturated carbocycles. The number of hydrogen-bond donors (Lipinski definition) is 3. The van der Waals surface area contributed by atoms with Crippen molar-refractivity contribution >= 4 is 11.4 Å². The third-order valence-electron chi connectivity index (χ3n) is 1.27. The first-order valence-electron chi connectivity index (χ1n) is 3.07. The van der Waals surface area contributed by atoms with Crippen LogP contribution in [0.4, 0.5) is 11.4 Å². The third-order valence-corrected chi connectivity index (χ3v) is 1.27. The summed E-state index contributed by atoms with van der Waals surface area (Å²) >= 11 is 0. The topological polar surface area (TPSA) is 78.1 Å². The molecule has 0 fully saturated rings. The summed E-state index contributed by atoms with van der Waals surface area (Å²) in [5.41, 5.74) is 18.7. The maximum atomic E-state index is 5.50. The van der Waals surface area contributed by atoms with Crippen LogP contribution in [0, 0.1) is 0 Å². The van der Waals surface area contributed by atoms with Gasteiger partial charge in [0.05, 0.1) is 0 Å². The molecule has 0 amide bonds. The lowest BCUT2D eigenvalue weighted by Gasteiger charge is -2.00. The molecule has 1 rings (SSSR count). The fraction of sp³-hybridized carbons (Fsp3) is 0.143. The van der Waals surface area contributed by atoms with Gasteiger partial charge in [0.15, 0.2) is 0 Å². The van der Waals surface area contributed by atoms with Crippen molar-refractivity contribution in [2.24, 2.45) is 5.73 Å². The monoisotopic (exact) mass is 137 g/mol. The van der Waals surface area contributed by atoms with Crippen molar-refractivity contribution < 1.29 is 0 Å². The van der Waals surface area contributed by atoms with Gasteiger partial charge in [-0.2, -0.15) is 0 Å². The van der Waals surface area contributed by atoms with Gasteiger partial charge < -0.3 is 17.2 Å². The second-order valence-corrected chi connectivity index (χ2v) is 2.21. The Morgan fingerprint density at radius 2 is 1.50 bits per heavy atom. The molecule has 3 nitrogen and oxygen atoms in total. The average molecular weight is 137 g/mol. The van der Waals surface area contributed by atoms with E-state index in [2.05, 4.69) is 0 Å². The van der Waals surface area contributed by atoms with Gasteiger partial charge in [-0.1, -0.05) is 0 Å². The van der Waals surface area contributed by atoms with Gasteiger partial charge in [0.1, 0.15) is 0 Å². The van der Waals surface area contributed by atoms with Crippen molar-refractivity contribution in [2.45, 2.75) is 6.54 Å². The highest BCUT2D eigenvalue weighted by atomic mass is 14.6. The highest BCUT2D eigenvalue weighted by Gasteiger charge is 1.92. The van der Waals surface area contributed by atoms with E-state index < -0.39 is 0 Å². The molecule has 0 aromatic heterocycles. The third kappa shape index (κ3) is 1.39. The molecular formula is C7H11N3. The summed E-state index contributed by atoms with van der Waals surface area (Å²) in [5, 5.41) is 0. The Hall–Kier alpha value is -1.22. The fourth-order valence-corrected chi connectivity index (χ4v) is 0.863. The van der Waals surface area contributed by atoms with Gasteiger partial charge in [-0.25, -0.2) is 0 Å². The first-order valence-corrected chi connectivity index (χ1v) is 3.07. The Morgan fingerprint density at radius 3 is 1.90 bits per heavy atom. The zero-order valence-corrected chi connectivity index (χ0v) is 5.67. The number of anilines is 2. The molecule has 10 heavy (non-hydrogen) atoms. The molecule has 0 aliphatic heterocycles. The van der Waals surface area contributed by atoms with Crippen LogP contribution in [0.1, 0.15) is 5.56 Å². The van der Waals surface area contributed by atoms with E-state index >= 15 is 0 Å². The Balaban J connectivity index is 3.06. The van der Waals surface area contributed by atoms with Gasteiger partial charge in [0.25, 0.3) is 0 Å². The molecule has 1 aromatic carbocycles. The normalized spacial score (nSPS) is 9.70. The summed E-state index contributed by atoms with van der Waals surface area (Å²) in [4.78, 5) is 0. The molecule has 0 bridgehead atoms. The largest absolute Gasteiger partial charge is 0.399 e. The Kier molecular flexibility index (Phi) is 1.78. The maximum absolute atomic E-state index is 5.50. The highest BCUT2D eigenvalue weighted by molar-refractivity contribution is 5.54. The van der Waals surface area contributed by atoms with Crippen molar-refractivity contribution in [3.05, 3.63) is 23.8 Å². The van der Waals surface area contributed by atoms with Crippen LogP contribution in [0.3, 0.4) is 0 Å². The quantitative estimate of drug-likeness (QED) is 0.487. The zero-order chi connectivity index (χ0) is 7.56. The average Bonchev–Trinajstić information content (AvgIpc) is 1.85. The van der Waals surface area contributed by atoms with Crippen molar-refractivity contribution in [3.63, 3.8) is 0 Å². The summed E-state index contributed by atoms with van der Waals surface area (Å²) in [6.45, 7) is 0.481. The summed E-state index contributed by atoms with van der Waals surface area (Å²) in [5.74, 6) is 0. The Labute approximate surface area is 59.8 Å². The molecule has 0 spiro atoms. The lowest BCUT2D eigenvalue weighted by Crippen LogP contribution is -1.99. The van der Waals surface area contributed by atoms with E-state index in [1.807, 2.05) is 12.1 Å². The maximum Gasteiger partial charge on any atom is 0.0337 e. The van der Waals surface area contributed by atoms with Gasteiger partial charge in [-0.3, -0.25) is 0 Å². The predicted molar refractivity (Wildman–Crippen MR) is 43.2 cm³/mol. The molecule has 0 atom stereocenters. The zero-order valence-electron chi connectivity index (χ0n) is 5.67. The van der Waals surface area contributed by atoms with E-state index in [0.29, 0.717) is 17.9 Å². The van der Waals surface area contributed by atoms with Gasteiger partial charge in [0.2, 0.25) is 0 Å². The Bertz CT molecular complexity index is 212. The van der Waals surface area contributed by atoms with Crippen LogP contribution in [-0.2, 0) is 6.54 Å². The second-order valence-electron chi connectivity index (χ2n) is 2.21. The van der Waals surface area contributed by atoms with Crippen molar-refractivity contribution in [1.82, 2.24) is 0 Å². The molecule has 54 valence electrons. The molecular weight excluding hydrogens is 126 g/mol. The number of rotatable bonds is 1. The molecule has 0 heterocycles. The molecule has 6 N–H and O–H groups in total. The van der Waals surface area contributed by atoms with E-state index in [9.17, 15) is 0 Å². The minimum Gasteiger partial charge on any atom is -0.399 e. The van der Waals surface area contributed by atoms with Crippen molar-refractivity contribution in [3.8, 4) is 0 Å². The van der Waals surface area contributed by atoms with Gasteiger partial charge in [-0.05, 0) is 23.8 Å². The van der Waals surface area contributed by atoms with Crippen LogP contribution in [0.5, 0.6) is 0 Å². The van der Waals surface area contributed by atoms with E-state index in [1.165, 1.54) is 0 Å². The summed E-state index contributed by atoms with van der Waals surface area (Å²) in [6, 6.07) is 5.34. The molecule has 0 radical (unpaired) electrons. The SMILES string of the molecule is NCc1cc(N)cc(N)c1. The van der Waals surface area contributed by atoms with E-state index in [4.69, 9.17) is 17.2 Å². The summed E-state index contributed by atoms with van der Waals surface area (Å²) in [6.07, 6.45) is 0. The van der Waals surface area contributed by atoms with Crippen LogP contribution in [0.25, 0.3) is 0 Å². The molecule has 3 heteroatoms. The van der Waals surface area contributed by atoms with Crippen LogP contribution in [-0.4, -0.2) is 0 Å².